The maximum Gasteiger partial charge on any atom is 0.294 e. The number of amides is 1. The molecule has 6 nitrogen and oxygen atoms in total. The van der Waals surface area contributed by atoms with Crippen LogP contribution < -0.4 is 4.90 Å². The molecule has 0 N–H and O–H groups in total. The minimum absolute atomic E-state index is 0.109. The van der Waals surface area contributed by atoms with E-state index >= 15 is 0 Å². The van der Waals surface area contributed by atoms with Gasteiger partial charge in [0, 0.05) is 10.5 Å². The number of para-hydroxylation sites is 1. The summed E-state index contributed by atoms with van der Waals surface area (Å²) in [5.74, 6) is -0.648. The van der Waals surface area contributed by atoms with Gasteiger partial charge in [-0.1, -0.05) is 6.07 Å². The number of benzene rings is 1. The third kappa shape index (κ3) is 2.05. The first-order valence-electron chi connectivity index (χ1n) is 4.75. The van der Waals surface area contributed by atoms with Crippen molar-refractivity contribution in [2.75, 3.05) is 11.4 Å². The number of anilines is 1. The number of ketones is 1. The maximum atomic E-state index is 11.6. The second-order valence-corrected chi connectivity index (χ2v) is 4.41. The van der Waals surface area contributed by atoms with Crippen molar-refractivity contribution in [1.29, 1.82) is 0 Å². The lowest BCUT2D eigenvalue weighted by molar-refractivity contribution is -0.384. The molecule has 1 saturated heterocycles. The summed E-state index contributed by atoms with van der Waals surface area (Å²) in [6, 6.07) is 4.41. The topological polar surface area (TPSA) is 80.5 Å². The number of rotatable bonds is 2. The van der Waals surface area contributed by atoms with Crippen LogP contribution in [0.25, 0.3) is 0 Å². The number of nitro groups is 1. The Kier molecular flexibility index (Phi) is 2.93. The van der Waals surface area contributed by atoms with Crippen molar-refractivity contribution in [2.24, 2.45) is 0 Å². The minimum atomic E-state index is -0.573. The molecule has 1 aromatic carbocycles. The van der Waals surface area contributed by atoms with Crippen LogP contribution in [0, 0.1) is 10.1 Å². The second kappa shape index (κ2) is 4.25. The molecule has 2 rings (SSSR count). The third-order valence-corrected chi connectivity index (χ3v) is 3.06. The second-order valence-electron chi connectivity index (χ2n) is 3.56. The quantitative estimate of drug-likeness (QED) is 0.472. The standard InChI is InChI=1S/C10H7BrN2O4/c11-7-2-1-3-8(13(16)17)10(7)12-5-6(14)4-9(12)15/h1-3H,4-5H2. The minimum Gasteiger partial charge on any atom is -0.298 e. The largest absolute Gasteiger partial charge is 0.298 e. The Balaban J connectivity index is 2.54. The van der Waals surface area contributed by atoms with Crippen molar-refractivity contribution in [3.8, 4) is 0 Å². The molecule has 0 bridgehead atoms. The van der Waals surface area contributed by atoms with E-state index in [4.69, 9.17) is 0 Å². The molecule has 0 aliphatic carbocycles. The first kappa shape index (κ1) is 11.7. The van der Waals surface area contributed by atoms with Crippen molar-refractivity contribution < 1.29 is 14.5 Å². The van der Waals surface area contributed by atoms with E-state index in [9.17, 15) is 19.7 Å². The monoisotopic (exact) mass is 298 g/mol. The molecule has 1 fully saturated rings. The van der Waals surface area contributed by atoms with Crippen molar-refractivity contribution in [3.05, 3.63) is 32.8 Å². The molecule has 1 amide bonds. The van der Waals surface area contributed by atoms with Gasteiger partial charge in [0.1, 0.15) is 5.69 Å². The van der Waals surface area contributed by atoms with E-state index in [1.807, 2.05) is 0 Å². The number of Topliss-reactive ketones (excluding diaryl/α,β-unsaturated/α-hetero) is 1. The number of nitrogens with zero attached hydrogens (tertiary/aromatic N) is 2. The van der Waals surface area contributed by atoms with Gasteiger partial charge in [-0.25, -0.2) is 0 Å². The Hall–Kier alpha value is -1.76. The van der Waals surface area contributed by atoms with E-state index in [1.165, 1.54) is 12.1 Å². The molecule has 0 spiro atoms. The maximum absolute atomic E-state index is 11.6. The highest BCUT2D eigenvalue weighted by Crippen LogP contribution is 2.37. The summed E-state index contributed by atoms with van der Waals surface area (Å²) in [7, 11) is 0. The fourth-order valence-corrected chi connectivity index (χ4v) is 2.28. The van der Waals surface area contributed by atoms with Gasteiger partial charge in [-0.15, -0.1) is 0 Å². The van der Waals surface area contributed by atoms with Gasteiger partial charge >= 0.3 is 0 Å². The Bertz CT molecular complexity index is 529. The van der Waals surface area contributed by atoms with Crippen LogP contribution in [-0.4, -0.2) is 23.2 Å². The van der Waals surface area contributed by atoms with Crippen LogP contribution in [0.1, 0.15) is 6.42 Å². The van der Waals surface area contributed by atoms with Gasteiger partial charge in [0.05, 0.1) is 17.9 Å². The van der Waals surface area contributed by atoms with E-state index in [2.05, 4.69) is 15.9 Å². The molecule has 17 heavy (non-hydrogen) atoms. The van der Waals surface area contributed by atoms with E-state index in [0.29, 0.717) is 4.47 Å². The number of carbonyl (C=O) groups is 2. The average Bonchev–Trinajstić information content (AvgIpc) is 2.57. The van der Waals surface area contributed by atoms with Crippen LogP contribution in [0.5, 0.6) is 0 Å². The van der Waals surface area contributed by atoms with Crippen molar-refractivity contribution >= 4 is 39.0 Å². The predicted octanol–water partition coefficient (Wildman–Crippen LogP) is 1.66. The molecule has 1 aliphatic heterocycles. The van der Waals surface area contributed by atoms with Gasteiger partial charge in [-0.05, 0) is 22.0 Å². The molecule has 1 aliphatic rings. The van der Waals surface area contributed by atoms with Crippen LogP contribution in [-0.2, 0) is 9.59 Å². The van der Waals surface area contributed by atoms with E-state index in [0.717, 1.165) is 4.90 Å². The number of halogens is 1. The summed E-state index contributed by atoms with van der Waals surface area (Å²) in [5, 5.41) is 10.9. The Morgan fingerprint density at radius 1 is 1.35 bits per heavy atom. The van der Waals surface area contributed by atoms with E-state index in [-0.39, 0.29) is 30.1 Å². The summed E-state index contributed by atoms with van der Waals surface area (Å²) in [4.78, 5) is 34.2. The normalized spacial score (nSPS) is 15.5. The summed E-state index contributed by atoms with van der Waals surface area (Å²) in [6.07, 6.45) is -0.196. The SMILES string of the molecule is O=C1CC(=O)N(c2c(Br)cccc2[N+](=O)[O-])C1. The smallest absolute Gasteiger partial charge is 0.294 e. The highest BCUT2D eigenvalue weighted by Gasteiger charge is 2.34. The summed E-state index contributed by atoms with van der Waals surface area (Å²) in [5.41, 5.74) is -0.0456. The van der Waals surface area contributed by atoms with Crippen LogP contribution in [0.15, 0.2) is 22.7 Å². The van der Waals surface area contributed by atoms with Gasteiger partial charge in [0.15, 0.2) is 5.78 Å². The summed E-state index contributed by atoms with van der Waals surface area (Å²) < 4.78 is 0.426. The molecule has 0 radical (unpaired) electrons. The molecular formula is C10H7BrN2O4. The molecular weight excluding hydrogens is 292 g/mol. The van der Waals surface area contributed by atoms with Gasteiger partial charge in [-0.2, -0.15) is 0 Å². The zero-order chi connectivity index (χ0) is 12.6. The molecule has 0 unspecified atom stereocenters. The number of nitro benzene ring substituents is 1. The summed E-state index contributed by atoms with van der Waals surface area (Å²) >= 11 is 3.16. The first-order chi connectivity index (χ1) is 8.00. The number of hydrogen-bond donors (Lipinski definition) is 0. The van der Waals surface area contributed by atoms with Crippen molar-refractivity contribution in [1.82, 2.24) is 0 Å². The number of hydrogen-bond acceptors (Lipinski definition) is 4. The van der Waals surface area contributed by atoms with Crippen LogP contribution >= 0.6 is 15.9 Å². The molecule has 0 saturated carbocycles. The van der Waals surface area contributed by atoms with Crippen molar-refractivity contribution in [3.63, 3.8) is 0 Å². The molecule has 7 heteroatoms. The lowest BCUT2D eigenvalue weighted by Crippen LogP contribution is -2.25. The lowest BCUT2D eigenvalue weighted by Gasteiger charge is -2.16. The highest BCUT2D eigenvalue weighted by atomic mass is 79.9. The average molecular weight is 299 g/mol. The van der Waals surface area contributed by atoms with Crippen LogP contribution in [0.2, 0.25) is 0 Å². The Morgan fingerprint density at radius 3 is 2.59 bits per heavy atom. The van der Waals surface area contributed by atoms with Crippen LogP contribution in [0.4, 0.5) is 11.4 Å². The van der Waals surface area contributed by atoms with Gasteiger partial charge in [-0.3, -0.25) is 24.6 Å². The Labute approximate surface area is 104 Å². The Morgan fingerprint density at radius 2 is 2.06 bits per heavy atom. The van der Waals surface area contributed by atoms with E-state index in [1.54, 1.807) is 6.07 Å². The van der Waals surface area contributed by atoms with Crippen molar-refractivity contribution in [2.45, 2.75) is 6.42 Å². The van der Waals surface area contributed by atoms with E-state index < -0.39 is 10.8 Å². The number of carbonyl (C=O) groups excluding carboxylic acids is 2. The zero-order valence-electron chi connectivity index (χ0n) is 8.55. The summed E-state index contributed by atoms with van der Waals surface area (Å²) in [6.45, 7) is -0.109. The zero-order valence-corrected chi connectivity index (χ0v) is 10.1. The van der Waals surface area contributed by atoms with Crippen LogP contribution in [0.3, 0.4) is 0 Å². The molecule has 0 aromatic heterocycles. The fourth-order valence-electron chi connectivity index (χ4n) is 1.71. The molecule has 1 heterocycles. The van der Waals surface area contributed by atoms with Gasteiger partial charge in [0.25, 0.3) is 5.69 Å². The molecule has 88 valence electrons. The first-order valence-corrected chi connectivity index (χ1v) is 5.55. The fraction of sp³-hybridized carbons (Fsp3) is 0.200. The third-order valence-electron chi connectivity index (χ3n) is 2.42. The predicted molar refractivity (Wildman–Crippen MR) is 62.8 cm³/mol. The lowest BCUT2D eigenvalue weighted by atomic mass is 10.2. The molecule has 1 aromatic rings. The highest BCUT2D eigenvalue weighted by molar-refractivity contribution is 9.10. The molecule has 0 atom stereocenters. The van der Waals surface area contributed by atoms with Gasteiger partial charge < -0.3 is 0 Å². The van der Waals surface area contributed by atoms with Gasteiger partial charge in [0.2, 0.25) is 5.91 Å².